The maximum absolute atomic E-state index is 0. The monoisotopic (exact) mass is 865 g/mol. The van der Waals surface area contributed by atoms with Crippen molar-refractivity contribution in [2.75, 3.05) is 0 Å². The van der Waals surface area contributed by atoms with Crippen molar-refractivity contribution in [2.24, 2.45) is 0 Å². The van der Waals surface area contributed by atoms with Crippen molar-refractivity contribution in [3.05, 3.63) is 0 Å². The molecule has 0 fully saturated rings. The van der Waals surface area contributed by atoms with E-state index in [0.717, 1.165) is 0 Å². The second-order valence-electron chi connectivity index (χ2n) is 0. The summed E-state index contributed by atoms with van der Waals surface area (Å²) in [5.41, 5.74) is 0. The summed E-state index contributed by atoms with van der Waals surface area (Å²) < 4.78 is 0. The van der Waals surface area contributed by atoms with Crippen LogP contribution in [0.2, 0.25) is 0 Å². The predicted octanol–water partition coefficient (Wildman–Crippen LogP) is -2.52. The third-order valence-corrected chi connectivity index (χ3v) is 0. The van der Waals surface area contributed by atoms with E-state index in [1.165, 1.54) is 0 Å². The summed E-state index contributed by atoms with van der Waals surface area (Å²) in [5.74, 6) is 0. The zero-order valence-electron chi connectivity index (χ0n) is 12.7. The number of hydrogen-bond donors (Lipinski definition) is 0. The molecule has 0 amide bonds. The van der Waals surface area contributed by atoms with Gasteiger partial charge in [0, 0.05) is 111 Å². The van der Waals surface area contributed by atoms with Crippen LogP contribution in [0.4, 0.5) is 0 Å². The van der Waals surface area contributed by atoms with Gasteiger partial charge in [-0.2, -0.15) is 0 Å². The summed E-state index contributed by atoms with van der Waals surface area (Å²) >= 11 is 0. The van der Waals surface area contributed by atoms with Gasteiger partial charge < -0.3 is 115 Å². The molecule has 31 heavy (non-hydrogen) atoms. The van der Waals surface area contributed by atoms with E-state index in [-0.39, 0.29) is 295 Å². The van der Waals surface area contributed by atoms with Crippen LogP contribution in [0.3, 0.4) is 0 Å². The van der Waals surface area contributed by atoms with Crippen molar-refractivity contribution in [1.29, 1.82) is 0 Å². The van der Waals surface area contributed by atoms with E-state index in [9.17, 15) is 0 Å². The molecule has 0 aromatic heterocycles. The van der Waals surface area contributed by atoms with E-state index in [1.54, 1.807) is 0 Å². The first-order valence-corrected chi connectivity index (χ1v) is 0. The Hall–Kier alpha value is 4.74. The van der Waals surface area contributed by atoms with Gasteiger partial charge in [-0.25, -0.2) is 0 Å². The SMILES string of the molecule is [Fe+3].[Fe+3].[Fe+3].[Fe+3].[O-2].[O-2].[O-2].[O-2].[O-2].[O-2].[O-2].[O-2].[O-2].[O-2].[O-2].[O-2].[O-2].[O-2].[O-2].[O-2].[O-2].[O-2].[O-2].[O-2].[O-2].[V].[V].[V].[V].[V].[V]. The van der Waals surface area contributed by atoms with Gasteiger partial charge in [-0.3, -0.25) is 0 Å². The number of hydrogen-bond acceptors (Lipinski definition) is 0. The van der Waals surface area contributed by atoms with E-state index in [1.807, 2.05) is 0 Å². The zero-order valence-corrected chi connectivity index (χ0v) is 25.5. The van der Waals surface area contributed by atoms with Crippen LogP contribution in [-0.2, 0) is 295 Å². The normalized spacial score (nSPS) is 0. The van der Waals surface area contributed by atoms with Gasteiger partial charge in [0.1, 0.15) is 0 Å². The van der Waals surface area contributed by atoms with Gasteiger partial charge in [-0.1, -0.05) is 0 Å². The standard InChI is InChI=1S/4Fe.21O.6V/q4*+3;21*-2;;;;;;. The van der Waals surface area contributed by atoms with Crippen LogP contribution in [0.5, 0.6) is 0 Å². The fourth-order valence-corrected chi connectivity index (χ4v) is 0. The van der Waals surface area contributed by atoms with Crippen molar-refractivity contribution < 1.29 is 295 Å². The molecule has 0 heterocycles. The molecule has 0 aromatic carbocycles. The van der Waals surface area contributed by atoms with Crippen LogP contribution in [0.1, 0.15) is 0 Å². The summed E-state index contributed by atoms with van der Waals surface area (Å²) in [4.78, 5) is 0. The van der Waals surface area contributed by atoms with Crippen LogP contribution < -0.4 is 0 Å². The Morgan fingerprint density at radius 3 is 0.0968 bits per heavy atom. The molecule has 0 aliphatic heterocycles. The van der Waals surface area contributed by atoms with Crippen LogP contribution in [-0.4, -0.2) is 0 Å². The van der Waals surface area contributed by atoms with Gasteiger partial charge in [0.25, 0.3) is 0 Å². The van der Waals surface area contributed by atoms with Gasteiger partial charge in [0.2, 0.25) is 0 Å². The molecule has 0 rings (SSSR count). The van der Waals surface area contributed by atoms with Gasteiger partial charge in [-0.15, -0.1) is 0 Å². The van der Waals surface area contributed by atoms with Crippen LogP contribution in [0.25, 0.3) is 0 Å². The third-order valence-electron chi connectivity index (χ3n) is 0. The van der Waals surface area contributed by atoms with E-state index in [2.05, 4.69) is 0 Å². The fraction of sp³-hybridized carbons (Fsp3) is 0. The second-order valence-corrected chi connectivity index (χ2v) is 0. The summed E-state index contributed by atoms with van der Waals surface area (Å²) in [6.45, 7) is 0. The average Bonchev–Trinajstić information content (AvgIpc) is 0. The molecule has 21 nitrogen and oxygen atoms in total. The van der Waals surface area contributed by atoms with Gasteiger partial charge in [0.05, 0.1) is 0 Å². The number of rotatable bonds is 0. The molecule has 0 aliphatic rings. The molecule has 0 unspecified atom stereocenters. The van der Waals surface area contributed by atoms with E-state index < -0.39 is 0 Å². The molecule has 10 radical (unpaired) electrons. The molecular weight excluding hydrogens is 865 g/mol. The summed E-state index contributed by atoms with van der Waals surface area (Å²) in [6, 6.07) is 0. The minimum atomic E-state index is 0. The molecule has 0 N–H and O–H groups in total. The van der Waals surface area contributed by atoms with Crippen molar-refractivity contribution in [3.63, 3.8) is 0 Å². The molecule has 0 aromatic rings. The van der Waals surface area contributed by atoms with Gasteiger partial charge in [0.15, 0.2) is 0 Å². The zero-order chi connectivity index (χ0) is 0. The third kappa shape index (κ3) is 1650. The molecule has 0 spiro atoms. The molecule has 218 valence electrons. The largest absolute Gasteiger partial charge is 3.00 e. The van der Waals surface area contributed by atoms with Crippen LogP contribution >= 0.6 is 0 Å². The summed E-state index contributed by atoms with van der Waals surface area (Å²) in [7, 11) is 0. The van der Waals surface area contributed by atoms with Gasteiger partial charge >= 0.3 is 68.3 Å². The molecule has 31 heteroatoms. The topological polar surface area (TPSA) is 598 Å². The minimum Gasteiger partial charge on any atom is -2.00 e. The maximum Gasteiger partial charge on any atom is 3.00 e. The van der Waals surface area contributed by atoms with E-state index >= 15 is 0 Å². The Morgan fingerprint density at radius 2 is 0.0968 bits per heavy atom. The van der Waals surface area contributed by atoms with Crippen molar-refractivity contribution >= 4 is 0 Å². The Morgan fingerprint density at radius 1 is 0.0968 bits per heavy atom. The first-order chi connectivity index (χ1) is 0. The predicted molar refractivity (Wildman–Crippen MR) is 14.4 cm³/mol. The maximum atomic E-state index is 0. The molecule has 0 aliphatic carbocycles. The quantitative estimate of drug-likeness (QED) is 0.228. The first-order valence-electron chi connectivity index (χ1n) is 0. The van der Waals surface area contributed by atoms with E-state index in [0.29, 0.717) is 0 Å². The average molecular weight is 865 g/mol. The molecule has 0 saturated carbocycles. The van der Waals surface area contributed by atoms with Crippen LogP contribution in [0.15, 0.2) is 0 Å². The van der Waals surface area contributed by atoms with E-state index in [4.69, 9.17) is 0 Å². The molecule has 0 saturated heterocycles. The van der Waals surface area contributed by atoms with Gasteiger partial charge in [-0.05, 0) is 0 Å². The Bertz CT molecular complexity index is 37.8. The molecular formula is Fe4O21V6-30. The Labute approximate surface area is 291 Å². The smallest absolute Gasteiger partial charge is 2.00 e. The van der Waals surface area contributed by atoms with Crippen molar-refractivity contribution in [1.82, 2.24) is 0 Å². The fourth-order valence-electron chi connectivity index (χ4n) is 0. The Kier molecular flexibility index (Phi) is 109000. The molecule has 0 atom stereocenters. The summed E-state index contributed by atoms with van der Waals surface area (Å²) in [6.07, 6.45) is 0. The van der Waals surface area contributed by atoms with Crippen molar-refractivity contribution in [3.8, 4) is 0 Å². The molecule has 0 bridgehead atoms. The summed E-state index contributed by atoms with van der Waals surface area (Å²) in [5, 5.41) is 0. The first kappa shape index (κ1) is 1920. The van der Waals surface area contributed by atoms with Crippen molar-refractivity contribution in [2.45, 2.75) is 0 Å². The Balaban J connectivity index is 0. The van der Waals surface area contributed by atoms with Crippen LogP contribution in [0, 0.1) is 0 Å². The second kappa shape index (κ2) is 1760. The minimum absolute atomic E-state index is 0.